The number of benzene rings is 3. The molecule has 0 aliphatic carbocycles. The summed E-state index contributed by atoms with van der Waals surface area (Å²) in [5, 5.41) is 2.85. The van der Waals surface area contributed by atoms with Crippen molar-refractivity contribution in [1.82, 2.24) is 10.2 Å². The van der Waals surface area contributed by atoms with Crippen LogP contribution < -0.4 is 9.62 Å². The Balaban J connectivity index is 2.01. The van der Waals surface area contributed by atoms with Crippen LogP contribution in [0.1, 0.15) is 37.8 Å². The molecular formula is C30H36FN3O4S. The van der Waals surface area contributed by atoms with Gasteiger partial charge in [-0.15, -0.1) is 0 Å². The van der Waals surface area contributed by atoms with Gasteiger partial charge in [0.1, 0.15) is 18.4 Å². The second kappa shape index (κ2) is 13.9. The fraction of sp³-hybridized carbons (Fsp3) is 0.333. The van der Waals surface area contributed by atoms with Crippen molar-refractivity contribution in [2.75, 3.05) is 23.9 Å². The summed E-state index contributed by atoms with van der Waals surface area (Å²) in [6.45, 7) is 5.55. The van der Waals surface area contributed by atoms with Crippen molar-refractivity contribution in [2.45, 2.75) is 51.0 Å². The molecule has 0 heterocycles. The summed E-state index contributed by atoms with van der Waals surface area (Å²) >= 11 is 0. The molecule has 0 saturated carbocycles. The molecule has 39 heavy (non-hydrogen) atoms. The van der Waals surface area contributed by atoms with E-state index in [2.05, 4.69) is 5.32 Å². The molecule has 3 rings (SSSR count). The molecule has 0 aliphatic heterocycles. The molecule has 0 saturated heterocycles. The number of amides is 2. The van der Waals surface area contributed by atoms with E-state index in [0.717, 1.165) is 27.9 Å². The molecule has 0 fully saturated rings. The van der Waals surface area contributed by atoms with Gasteiger partial charge in [0.15, 0.2) is 0 Å². The molecule has 7 nitrogen and oxygen atoms in total. The molecule has 3 aromatic carbocycles. The second-order valence-corrected chi connectivity index (χ2v) is 11.2. The van der Waals surface area contributed by atoms with Crippen LogP contribution in [0.15, 0.2) is 83.8 Å². The molecule has 0 spiro atoms. The molecule has 9 heteroatoms. The fourth-order valence-corrected chi connectivity index (χ4v) is 5.69. The van der Waals surface area contributed by atoms with E-state index in [9.17, 15) is 22.4 Å². The summed E-state index contributed by atoms with van der Waals surface area (Å²) < 4.78 is 43.3. The predicted molar refractivity (Wildman–Crippen MR) is 151 cm³/mol. The average Bonchev–Trinajstić information content (AvgIpc) is 2.93. The van der Waals surface area contributed by atoms with Gasteiger partial charge in [-0.1, -0.05) is 74.0 Å². The summed E-state index contributed by atoms with van der Waals surface area (Å²) in [6.07, 6.45) is 1.53. The highest BCUT2D eigenvalue weighted by atomic mass is 32.2. The average molecular weight is 554 g/mol. The van der Waals surface area contributed by atoms with Crippen LogP contribution in [-0.4, -0.2) is 50.8 Å². The zero-order chi connectivity index (χ0) is 28.4. The number of hydrogen-bond donors (Lipinski definition) is 1. The van der Waals surface area contributed by atoms with Gasteiger partial charge in [-0.25, -0.2) is 12.8 Å². The van der Waals surface area contributed by atoms with Crippen molar-refractivity contribution >= 4 is 27.5 Å². The number of carbonyl (C=O) groups excluding carboxylic acids is 2. The van der Waals surface area contributed by atoms with Gasteiger partial charge in [-0.3, -0.25) is 13.9 Å². The molecule has 208 valence electrons. The number of anilines is 1. The number of sulfonamides is 1. The normalized spacial score (nSPS) is 12.0. The van der Waals surface area contributed by atoms with Gasteiger partial charge in [0.25, 0.3) is 10.0 Å². The van der Waals surface area contributed by atoms with Gasteiger partial charge in [-0.05, 0) is 56.0 Å². The Labute approximate surface area is 230 Å². The third-order valence-corrected chi connectivity index (χ3v) is 8.20. The monoisotopic (exact) mass is 553 g/mol. The predicted octanol–water partition coefficient (Wildman–Crippen LogP) is 4.71. The summed E-state index contributed by atoms with van der Waals surface area (Å²) in [4.78, 5) is 28.3. The first-order valence-electron chi connectivity index (χ1n) is 13.1. The van der Waals surface area contributed by atoms with Crippen molar-refractivity contribution in [2.24, 2.45) is 0 Å². The number of para-hydroxylation sites is 1. The lowest BCUT2D eigenvalue weighted by atomic mass is 10.1. The Morgan fingerprint density at radius 2 is 1.56 bits per heavy atom. The topological polar surface area (TPSA) is 86.8 Å². The van der Waals surface area contributed by atoms with Crippen LogP contribution in [0.4, 0.5) is 10.1 Å². The Bertz CT molecular complexity index is 1350. The van der Waals surface area contributed by atoms with Crippen molar-refractivity contribution < 1.29 is 22.4 Å². The van der Waals surface area contributed by atoms with E-state index in [1.165, 1.54) is 35.2 Å². The van der Waals surface area contributed by atoms with Crippen molar-refractivity contribution in [3.63, 3.8) is 0 Å². The van der Waals surface area contributed by atoms with E-state index in [0.29, 0.717) is 19.4 Å². The first-order valence-corrected chi connectivity index (χ1v) is 14.6. The number of rotatable bonds is 13. The zero-order valence-corrected chi connectivity index (χ0v) is 23.5. The smallest absolute Gasteiger partial charge is 0.264 e. The number of carbonyl (C=O) groups is 2. The summed E-state index contributed by atoms with van der Waals surface area (Å²) in [5.41, 5.74) is 1.59. The third kappa shape index (κ3) is 7.66. The van der Waals surface area contributed by atoms with Gasteiger partial charge < -0.3 is 10.2 Å². The molecule has 1 atom stereocenters. The molecule has 0 aromatic heterocycles. The second-order valence-electron chi connectivity index (χ2n) is 9.31. The first kappa shape index (κ1) is 29.8. The van der Waals surface area contributed by atoms with E-state index < -0.39 is 34.3 Å². The van der Waals surface area contributed by atoms with Crippen molar-refractivity contribution in [3.8, 4) is 0 Å². The molecule has 1 N–H and O–H groups in total. The highest BCUT2D eigenvalue weighted by Gasteiger charge is 2.34. The van der Waals surface area contributed by atoms with Crippen LogP contribution in [0, 0.1) is 12.7 Å². The molecule has 3 aromatic rings. The minimum atomic E-state index is -4.31. The summed E-state index contributed by atoms with van der Waals surface area (Å²) in [5.74, 6) is -1.67. The van der Waals surface area contributed by atoms with Crippen LogP contribution in [0.3, 0.4) is 0 Å². The number of hydrogen-bond acceptors (Lipinski definition) is 4. The maximum atomic E-state index is 15.0. The molecule has 2 amide bonds. The lowest BCUT2D eigenvalue weighted by Gasteiger charge is -2.33. The van der Waals surface area contributed by atoms with E-state index in [1.807, 2.05) is 44.2 Å². The molecule has 0 unspecified atom stereocenters. The standard InChI is InChI=1S/C30H36FN3O4S/c1-4-20-32-30(36)27(5-2)33(21-19-24-11-7-6-8-12-24)29(35)22-34(28-14-10-9-13-26(28)31)39(37,38)25-17-15-23(3)16-18-25/h6-18,27H,4-5,19-22H2,1-3H3,(H,32,36)/t27-/m1/s1. The number of aryl methyl sites for hydroxylation is 1. The highest BCUT2D eigenvalue weighted by molar-refractivity contribution is 7.92. The van der Waals surface area contributed by atoms with Crippen molar-refractivity contribution in [3.05, 3.63) is 95.8 Å². The van der Waals surface area contributed by atoms with Crippen LogP contribution in [0.2, 0.25) is 0 Å². The maximum Gasteiger partial charge on any atom is 0.264 e. The Morgan fingerprint density at radius 3 is 2.18 bits per heavy atom. The first-order chi connectivity index (χ1) is 18.7. The summed E-state index contributed by atoms with van der Waals surface area (Å²) in [6, 6.07) is 20.3. The molecule has 0 bridgehead atoms. The van der Waals surface area contributed by atoms with Gasteiger partial charge in [0.2, 0.25) is 11.8 Å². The number of halogens is 1. The van der Waals surface area contributed by atoms with Gasteiger partial charge in [-0.2, -0.15) is 0 Å². The SMILES string of the molecule is CCCNC(=O)[C@@H](CC)N(CCc1ccccc1)C(=O)CN(c1ccccc1F)S(=O)(=O)c1ccc(C)cc1. The third-order valence-electron chi connectivity index (χ3n) is 6.43. The van der Waals surface area contributed by atoms with Gasteiger partial charge in [0, 0.05) is 13.1 Å². The lowest BCUT2D eigenvalue weighted by Crippen LogP contribution is -2.53. The van der Waals surface area contributed by atoms with Crippen LogP contribution in [0.5, 0.6) is 0 Å². The fourth-order valence-electron chi connectivity index (χ4n) is 4.27. The van der Waals surface area contributed by atoms with Crippen molar-refractivity contribution in [1.29, 1.82) is 0 Å². The number of nitrogens with one attached hydrogen (secondary N) is 1. The minimum absolute atomic E-state index is 0.0623. The Hall–Kier alpha value is -3.72. The van der Waals surface area contributed by atoms with E-state index in [-0.39, 0.29) is 23.0 Å². The van der Waals surface area contributed by atoms with Crippen LogP contribution in [0.25, 0.3) is 0 Å². The zero-order valence-electron chi connectivity index (χ0n) is 22.6. The van der Waals surface area contributed by atoms with Gasteiger partial charge >= 0.3 is 0 Å². The maximum absolute atomic E-state index is 15.0. The van der Waals surface area contributed by atoms with Crippen LogP contribution >= 0.6 is 0 Å². The molecule has 0 aliphatic rings. The molecular weight excluding hydrogens is 517 g/mol. The quantitative estimate of drug-likeness (QED) is 0.332. The lowest BCUT2D eigenvalue weighted by molar-refractivity contribution is -0.139. The van der Waals surface area contributed by atoms with Crippen LogP contribution in [-0.2, 0) is 26.0 Å². The molecule has 0 radical (unpaired) electrons. The Morgan fingerprint density at radius 1 is 0.923 bits per heavy atom. The van der Waals surface area contributed by atoms with E-state index in [1.54, 1.807) is 19.1 Å². The summed E-state index contributed by atoms with van der Waals surface area (Å²) in [7, 11) is -4.31. The largest absolute Gasteiger partial charge is 0.354 e. The minimum Gasteiger partial charge on any atom is -0.354 e. The highest BCUT2D eigenvalue weighted by Crippen LogP contribution is 2.27. The van der Waals surface area contributed by atoms with E-state index >= 15 is 0 Å². The van der Waals surface area contributed by atoms with Gasteiger partial charge in [0.05, 0.1) is 10.6 Å². The Kier molecular flexibility index (Phi) is 10.6. The van der Waals surface area contributed by atoms with E-state index in [4.69, 9.17) is 0 Å². The number of nitrogens with zero attached hydrogens (tertiary/aromatic N) is 2.